The molecule has 2 aliphatic carbocycles. The third-order valence-electron chi connectivity index (χ3n) is 6.93. The van der Waals surface area contributed by atoms with Crippen molar-refractivity contribution in [1.29, 1.82) is 0 Å². The molecule has 0 saturated carbocycles. The van der Waals surface area contributed by atoms with Crippen molar-refractivity contribution >= 4 is 23.4 Å². The molecule has 3 aromatic carbocycles. The van der Waals surface area contributed by atoms with Crippen LogP contribution in [0.1, 0.15) is 46.2 Å². The fourth-order valence-electron chi connectivity index (χ4n) is 5.62. The summed E-state index contributed by atoms with van der Waals surface area (Å²) >= 11 is 1.24. The van der Waals surface area contributed by atoms with E-state index in [9.17, 15) is 18.0 Å². The van der Waals surface area contributed by atoms with Crippen molar-refractivity contribution in [1.82, 2.24) is 0 Å². The van der Waals surface area contributed by atoms with Crippen molar-refractivity contribution in [2.75, 3.05) is 11.1 Å². The Kier molecular flexibility index (Phi) is 5.52. The van der Waals surface area contributed by atoms with Gasteiger partial charge in [0.25, 0.3) is 0 Å². The van der Waals surface area contributed by atoms with Gasteiger partial charge < -0.3 is 5.32 Å². The summed E-state index contributed by atoms with van der Waals surface area (Å²) in [5.74, 6) is -0.0177. The molecule has 1 spiro atoms. The average molecular weight is 468 g/mol. The van der Waals surface area contributed by atoms with Crippen molar-refractivity contribution < 1.29 is 18.0 Å². The molecule has 0 aromatic heterocycles. The maximum Gasteiger partial charge on any atom is 0.416 e. The van der Waals surface area contributed by atoms with Gasteiger partial charge in [0.1, 0.15) is 0 Å². The standard InChI is InChI=1S/C27H24F3NOS/c1-17-4-2-5-18-12-14-26(24(17)18)15-13-19-6-3-7-22(25(19)26)31-23(32)16-33-21-10-8-20(9-11-21)27(28,29)30/h2-11H,12-16H2,1H3,(H,31,32)/t26-/m1/s1. The number of fused-ring (bicyclic) bond motifs is 4. The summed E-state index contributed by atoms with van der Waals surface area (Å²) in [5, 5.41) is 3.11. The average Bonchev–Trinajstić information content (AvgIpc) is 3.35. The molecule has 6 heteroatoms. The second-order valence-corrected chi connectivity index (χ2v) is 9.94. The first-order valence-corrected chi connectivity index (χ1v) is 12.1. The number of carbonyl (C=O) groups excluding carboxylic acids is 1. The van der Waals surface area contributed by atoms with Crippen LogP contribution in [0.2, 0.25) is 0 Å². The van der Waals surface area contributed by atoms with E-state index in [4.69, 9.17) is 0 Å². The number of thioether (sulfide) groups is 1. The van der Waals surface area contributed by atoms with Gasteiger partial charge in [-0.05, 0) is 90.8 Å². The van der Waals surface area contributed by atoms with Crippen molar-refractivity contribution in [2.45, 2.75) is 49.1 Å². The summed E-state index contributed by atoms with van der Waals surface area (Å²) < 4.78 is 38.3. The molecule has 1 N–H and O–H groups in total. The number of anilines is 1. The Morgan fingerprint density at radius 2 is 1.58 bits per heavy atom. The van der Waals surface area contributed by atoms with Gasteiger partial charge in [0.05, 0.1) is 11.3 Å². The van der Waals surface area contributed by atoms with Gasteiger partial charge in [0, 0.05) is 16.0 Å². The van der Waals surface area contributed by atoms with E-state index in [1.807, 2.05) is 12.1 Å². The van der Waals surface area contributed by atoms with Crippen LogP contribution < -0.4 is 5.32 Å². The number of hydrogen-bond donors (Lipinski definition) is 1. The number of nitrogens with one attached hydrogen (secondary N) is 1. The minimum Gasteiger partial charge on any atom is -0.325 e. The molecule has 0 heterocycles. The molecule has 0 saturated heterocycles. The third kappa shape index (κ3) is 3.95. The molecule has 2 nitrogen and oxygen atoms in total. The van der Waals surface area contributed by atoms with Crippen LogP contribution in [0.15, 0.2) is 65.6 Å². The summed E-state index contributed by atoms with van der Waals surface area (Å²) in [6.45, 7) is 2.17. The fourth-order valence-corrected chi connectivity index (χ4v) is 6.32. The smallest absolute Gasteiger partial charge is 0.325 e. The van der Waals surface area contributed by atoms with E-state index in [-0.39, 0.29) is 17.1 Å². The SMILES string of the molecule is Cc1cccc2c1[C@@]1(CC2)CCc2cccc(NC(=O)CSc3ccc(C(F)(F)F)cc3)c21. The van der Waals surface area contributed by atoms with Gasteiger partial charge in [-0.3, -0.25) is 4.79 Å². The molecule has 1 amide bonds. The Hall–Kier alpha value is -2.73. The molecule has 0 radical (unpaired) electrons. The van der Waals surface area contributed by atoms with Crippen molar-refractivity contribution in [3.05, 3.63) is 94.0 Å². The van der Waals surface area contributed by atoms with Crippen LogP contribution >= 0.6 is 11.8 Å². The molecule has 0 unspecified atom stereocenters. The zero-order chi connectivity index (χ0) is 23.2. The van der Waals surface area contributed by atoms with Crippen LogP contribution in [-0.2, 0) is 29.2 Å². The number of aryl methyl sites for hydroxylation is 3. The van der Waals surface area contributed by atoms with E-state index in [2.05, 4.69) is 36.5 Å². The third-order valence-corrected chi connectivity index (χ3v) is 7.95. The van der Waals surface area contributed by atoms with Gasteiger partial charge >= 0.3 is 6.18 Å². The van der Waals surface area contributed by atoms with Gasteiger partial charge in [-0.15, -0.1) is 11.8 Å². The van der Waals surface area contributed by atoms with E-state index in [0.717, 1.165) is 43.5 Å². The molecule has 0 fully saturated rings. The number of rotatable bonds is 4. The highest BCUT2D eigenvalue weighted by Gasteiger charge is 2.46. The highest BCUT2D eigenvalue weighted by molar-refractivity contribution is 8.00. The zero-order valence-electron chi connectivity index (χ0n) is 18.3. The largest absolute Gasteiger partial charge is 0.416 e. The first kappa shape index (κ1) is 22.1. The maximum absolute atomic E-state index is 12.8. The lowest BCUT2D eigenvalue weighted by atomic mass is 9.74. The topological polar surface area (TPSA) is 29.1 Å². The molecule has 33 heavy (non-hydrogen) atoms. The van der Waals surface area contributed by atoms with Crippen LogP contribution in [-0.4, -0.2) is 11.7 Å². The number of benzene rings is 3. The normalized spacial score (nSPS) is 18.9. The highest BCUT2D eigenvalue weighted by Crippen LogP contribution is 2.55. The molecular formula is C27H24F3NOS. The minimum absolute atomic E-state index is 0.0551. The van der Waals surface area contributed by atoms with E-state index in [0.29, 0.717) is 4.90 Å². The van der Waals surface area contributed by atoms with Crippen molar-refractivity contribution in [2.24, 2.45) is 0 Å². The van der Waals surface area contributed by atoms with Gasteiger partial charge in [-0.1, -0.05) is 30.3 Å². The van der Waals surface area contributed by atoms with Gasteiger partial charge in [-0.2, -0.15) is 13.2 Å². The lowest BCUT2D eigenvalue weighted by Gasteiger charge is -2.30. The van der Waals surface area contributed by atoms with E-state index < -0.39 is 11.7 Å². The number of alkyl halides is 3. The number of carbonyl (C=O) groups is 1. The lowest BCUT2D eigenvalue weighted by molar-refractivity contribution is -0.137. The van der Waals surface area contributed by atoms with Gasteiger partial charge in [0.2, 0.25) is 5.91 Å². The van der Waals surface area contributed by atoms with Crippen LogP contribution in [0.25, 0.3) is 0 Å². The van der Waals surface area contributed by atoms with Crippen LogP contribution in [0.4, 0.5) is 18.9 Å². The molecule has 2 aliphatic rings. The summed E-state index contributed by atoms with van der Waals surface area (Å²) in [5.41, 5.74) is 6.78. The fraction of sp³-hybridized carbons (Fsp3) is 0.296. The summed E-state index contributed by atoms with van der Waals surface area (Å²) in [6, 6.07) is 17.6. The lowest BCUT2D eigenvalue weighted by Crippen LogP contribution is -2.25. The number of hydrogen-bond acceptors (Lipinski definition) is 2. The molecule has 170 valence electrons. The first-order valence-electron chi connectivity index (χ1n) is 11.1. The van der Waals surface area contributed by atoms with Gasteiger partial charge in [0.15, 0.2) is 0 Å². The summed E-state index contributed by atoms with van der Waals surface area (Å²) in [4.78, 5) is 13.4. The van der Waals surface area contributed by atoms with Crippen molar-refractivity contribution in [3.63, 3.8) is 0 Å². The van der Waals surface area contributed by atoms with Crippen LogP contribution in [0.3, 0.4) is 0 Å². The van der Waals surface area contributed by atoms with Crippen molar-refractivity contribution in [3.8, 4) is 0 Å². The predicted molar refractivity (Wildman–Crippen MR) is 126 cm³/mol. The second kappa shape index (κ2) is 8.24. The minimum atomic E-state index is -4.36. The zero-order valence-corrected chi connectivity index (χ0v) is 19.1. The summed E-state index contributed by atoms with van der Waals surface area (Å²) in [6.07, 6.45) is -0.224. The van der Waals surface area contributed by atoms with Crippen LogP contribution in [0, 0.1) is 6.92 Å². The first-order chi connectivity index (χ1) is 15.8. The Morgan fingerprint density at radius 3 is 2.24 bits per heavy atom. The molecule has 0 aliphatic heterocycles. The molecule has 5 rings (SSSR count). The number of amides is 1. The molecule has 0 bridgehead atoms. The second-order valence-electron chi connectivity index (χ2n) is 8.89. The van der Waals surface area contributed by atoms with E-state index in [1.165, 1.54) is 51.7 Å². The van der Waals surface area contributed by atoms with E-state index >= 15 is 0 Å². The molecule has 1 atom stereocenters. The number of halogens is 3. The highest BCUT2D eigenvalue weighted by atomic mass is 32.2. The Morgan fingerprint density at radius 1 is 0.939 bits per heavy atom. The Balaban J connectivity index is 1.36. The van der Waals surface area contributed by atoms with E-state index in [1.54, 1.807) is 0 Å². The Bertz CT molecular complexity index is 1220. The maximum atomic E-state index is 12.8. The molecule has 3 aromatic rings. The quantitative estimate of drug-likeness (QED) is 0.422. The Labute approximate surface area is 195 Å². The van der Waals surface area contributed by atoms with Crippen LogP contribution in [0.5, 0.6) is 0 Å². The predicted octanol–water partition coefficient (Wildman–Crippen LogP) is 6.92. The molecular weight excluding hydrogens is 443 g/mol. The monoisotopic (exact) mass is 467 g/mol. The summed E-state index contributed by atoms with van der Waals surface area (Å²) in [7, 11) is 0. The van der Waals surface area contributed by atoms with Gasteiger partial charge in [-0.25, -0.2) is 0 Å².